The molecule has 0 bridgehead atoms. The Morgan fingerprint density at radius 2 is 1.90 bits per heavy atom. The van der Waals surface area contributed by atoms with Gasteiger partial charge in [-0.3, -0.25) is 4.72 Å². The van der Waals surface area contributed by atoms with Crippen LogP contribution in [-0.4, -0.2) is 14.7 Å². The number of sulfonamides is 1. The highest BCUT2D eigenvalue weighted by Gasteiger charge is 2.21. The third kappa shape index (κ3) is 3.30. The van der Waals surface area contributed by atoms with Gasteiger partial charge in [-0.05, 0) is 43.0 Å². The van der Waals surface area contributed by atoms with E-state index in [4.69, 9.17) is 5.73 Å². The van der Waals surface area contributed by atoms with Crippen molar-refractivity contribution in [3.05, 3.63) is 47.8 Å². The Hall–Kier alpha value is -1.73. The standard InChI is InChI=1S/C14H15FN2O2S2/c1-9-7-10(15)14(8-11(9)16)21(18,19)17-12-5-3-4-6-13(12)20-2/h3-8,17H,16H2,1-2H3. The Labute approximate surface area is 127 Å². The van der Waals surface area contributed by atoms with E-state index in [1.165, 1.54) is 11.8 Å². The molecule has 0 aliphatic rings. The largest absolute Gasteiger partial charge is 0.398 e. The van der Waals surface area contributed by atoms with E-state index < -0.39 is 20.7 Å². The molecule has 0 saturated heterocycles. The second-order valence-corrected chi connectivity index (χ2v) is 6.94. The monoisotopic (exact) mass is 326 g/mol. The summed E-state index contributed by atoms with van der Waals surface area (Å²) in [5.41, 5.74) is 6.81. The summed E-state index contributed by atoms with van der Waals surface area (Å²) in [5.74, 6) is -0.823. The Balaban J connectivity index is 2.46. The van der Waals surface area contributed by atoms with Crippen LogP contribution in [0.2, 0.25) is 0 Å². The van der Waals surface area contributed by atoms with Crippen molar-refractivity contribution in [2.45, 2.75) is 16.7 Å². The third-order valence-electron chi connectivity index (χ3n) is 2.96. The second kappa shape index (κ2) is 5.95. The van der Waals surface area contributed by atoms with Crippen molar-refractivity contribution < 1.29 is 12.8 Å². The van der Waals surface area contributed by atoms with Gasteiger partial charge in [0, 0.05) is 10.6 Å². The number of anilines is 2. The summed E-state index contributed by atoms with van der Waals surface area (Å²) < 4.78 is 41.0. The molecule has 21 heavy (non-hydrogen) atoms. The third-order valence-corrected chi connectivity index (χ3v) is 5.14. The molecule has 2 aromatic carbocycles. The lowest BCUT2D eigenvalue weighted by Crippen LogP contribution is -2.15. The van der Waals surface area contributed by atoms with E-state index in [1.807, 2.05) is 6.26 Å². The second-order valence-electron chi connectivity index (χ2n) is 4.45. The molecule has 0 radical (unpaired) electrons. The number of hydrogen-bond acceptors (Lipinski definition) is 4. The average Bonchev–Trinajstić information content (AvgIpc) is 2.43. The van der Waals surface area contributed by atoms with E-state index in [2.05, 4.69) is 4.72 Å². The molecule has 112 valence electrons. The summed E-state index contributed by atoms with van der Waals surface area (Å²) in [6, 6.07) is 9.16. The molecule has 0 aromatic heterocycles. The van der Waals surface area contributed by atoms with Gasteiger partial charge in [-0.2, -0.15) is 0 Å². The number of nitrogens with one attached hydrogen (secondary N) is 1. The molecule has 0 heterocycles. The molecule has 2 aromatic rings. The van der Waals surface area contributed by atoms with Crippen LogP contribution in [0.1, 0.15) is 5.56 Å². The van der Waals surface area contributed by atoms with Crippen molar-refractivity contribution in [3.8, 4) is 0 Å². The average molecular weight is 326 g/mol. The van der Waals surface area contributed by atoms with E-state index in [-0.39, 0.29) is 5.69 Å². The van der Waals surface area contributed by atoms with Gasteiger partial charge < -0.3 is 5.73 Å². The number of nitrogen functional groups attached to an aromatic ring is 1. The minimum atomic E-state index is -4.03. The lowest BCUT2D eigenvalue weighted by Gasteiger charge is -2.13. The minimum absolute atomic E-state index is 0.231. The molecule has 0 saturated carbocycles. The lowest BCUT2D eigenvalue weighted by atomic mass is 10.2. The predicted molar refractivity (Wildman–Crippen MR) is 84.6 cm³/mol. The van der Waals surface area contributed by atoms with Gasteiger partial charge in [-0.25, -0.2) is 12.8 Å². The van der Waals surface area contributed by atoms with Crippen LogP contribution in [0.4, 0.5) is 15.8 Å². The summed E-state index contributed by atoms with van der Waals surface area (Å²) in [6.07, 6.45) is 1.83. The van der Waals surface area contributed by atoms with Gasteiger partial charge in [0.1, 0.15) is 10.7 Å². The fraction of sp³-hybridized carbons (Fsp3) is 0.143. The minimum Gasteiger partial charge on any atom is -0.398 e. The lowest BCUT2D eigenvalue weighted by molar-refractivity contribution is 0.570. The summed E-state index contributed by atoms with van der Waals surface area (Å²) in [6.45, 7) is 1.62. The van der Waals surface area contributed by atoms with E-state index in [9.17, 15) is 12.8 Å². The van der Waals surface area contributed by atoms with Crippen LogP contribution in [0.5, 0.6) is 0 Å². The fourth-order valence-corrected chi connectivity index (χ4v) is 3.60. The quantitative estimate of drug-likeness (QED) is 0.668. The van der Waals surface area contributed by atoms with Crippen LogP contribution in [-0.2, 0) is 10.0 Å². The molecule has 0 aliphatic carbocycles. The highest BCUT2D eigenvalue weighted by atomic mass is 32.2. The van der Waals surface area contributed by atoms with Gasteiger partial charge in [0.05, 0.1) is 5.69 Å². The molecule has 0 aliphatic heterocycles. The van der Waals surface area contributed by atoms with Crippen molar-refractivity contribution in [2.24, 2.45) is 0 Å². The van der Waals surface area contributed by atoms with Gasteiger partial charge in [0.2, 0.25) is 0 Å². The zero-order valence-corrected chi connectivity index (χ0v) is 13.2. The molecule has 0 fully saturated rings. The van der Waals surface area contributed by atoms with Gasteiger partial charge in [-0.1, -0.05) is 12.1 Å². The maximum absolute atomic E-state index is 13.9. The normalized spacial score (nSPS) is 11.4. The number of nitrogens with two attached hydrogens (primary N) is 1. The maximum Gasteiger partial charge on any atom is 0.264 e. The highest BCUT2D eigenvalue weighted by Crippen LogP contribution is 2.28. The fourth-order valence-electron chi connectivity index (χ4n) is 1.80. The van der Waals surface area contributed by atoms with Crippen LogP contribution >= 0.6 is 11.8 Å². The maximum atomic E-state index is 13.9. The molecule has 7 heteroatoms. The number of thioether (sulfide) groups is 1. The summed E-state index contributed by atoms with van der Waals surface area (Å²) >= 11 is 1.40. The number of para-hydroxylation sites is 1. The Morgan fingerprint density at radius 3 is 2.57 bits per heavy atom. The Morgan fingerprint density at radius 1 is 1.24 bits per heavy atom. The van der Waals surface area contributed by atoms with Crippen LogP contribution in [0.15, 0.2) is 46.2 Å². The van der Waals surface area contributed by atoms with Crippen molar-refractivity contribution in [1.82, 2.24) is 0 Å². The molecule has 0 unspecified atom stereocenters. The molecular weight excluding hydrogens is 311 g/mol. The number of rotatable bonds is 4. The molecular formula is C14H15FN2O2S2. The number of hydrogen-bond donors (Lipinski definition) is 2. The predicted octanol–water partition coefficient (Wildman–Crippen LogP) is 3.24. The van der Waals surface area contributed by atoms with E-state index in [0.29, 0.717) is 11.3 Å². The Bertz CT molecular complexity index is 777. The first-order chi connectivity index (χ1) is 9.85. The zero-order chi connectivity index (χ0) is 15.6. The highest BCUT2D eigenvalue weighted by molar-refractivity contribution is 7.99. The zero-order valence-electron chi connectivity index (χ0n) is 11.6. The molecule has 4 nitrogen and oxygen atoms in total. The van der Waals surface area contributed by atoms with E-state index in [1.54, 1.807) is 31.2 Å². The molecule has 3 N–H and O–H groups in total. The van der Waals surface area contributed by atoms with Crippen LogP contribution < -0.4 is 10.5 Å². The van der Waals surface area contributed by atoms with Crippen molar-refractivity contribution in [1.29, 1.82) is 0 Å². The summed E-state index contributed by atoms with van der Waals surface area (Å²) in [5, 5.41) is 0. The summed E-state index contributed by atoms with van der Waals surface area (Å²) in [7, 11) is -4.03. The number of aryl methyl sites for hydroxylation is 1. The van der Waals surface area contributed by atoms with Crippen molar-refractivity contribution >= 4 is 33.2 Å². The Kier molecular flexibility index (Phi) is 4.43. The SMILES string of the molecule is CSc1ccccc1NS(=O)(=O)c1cc(N)c(C)cc1F. The first-order valence-corrected chi connectivity index (χ1v) is 8.77. The first-order valence-electron chi connectivity index (χ1n) is 6.06. The van der Waals surface area contributed by atoms with Gasteiger partial charge in [0.25, 0.3) is 10.0 Å². The molecule has 0 spiro atoms. The van der Waals surface area contributed by atoms with Crippen molar-refractivity contribution in [2.75, 3.05) is 16.7 Å². The van der Waals surface area contributed by atoms with Crippen LogP contribution in [0, 0.1) is 12.7 Å². The van der Waals surface area contributed by atoms with Gasteiger partial charge >= 0.3 is 0 Å². The van der Waals surface area contributed by atoms with E-state index in [0.717, 1.165) is 17.0 Å². The topological polar surface area (TPSA) is 72.2 Å². The first kappa shape index (κ1) is 15.7. The van der Waals surface area contributed by atoms with Gasteiger partial charge in [-0.15, -0.1) is 11.8 Å². The molecule has 0 atom stereocenters. The van der Waals surface area contributed by atoms with Crippen LogP contribution in [0.3, 0.4) is 0 Å². The van der Waals surface area contributed by atoms with E-state index >= 15 is 0 Å². The smallest absolute Gasteiger partial charge is 0.264 e. The molecule has 2 rings (SSSR count). The number of halogens is 1. The van der Waals surface area contributed by atoms with Crippen LogP contribution in [0.25, 0.3) is 0 Å². The van der Waals surface area contributed by atoms with Crippen molar-refractivity contribution in [3.63, 3.8) is 0 Å². The number of benzene rings is 2. The molecule has 0 amide bonds. The van der Waals surface area contributed by atoms with Gasteiger partial charge in [0.15, 0.2) is 0 Å². The summed E-state index contributed by atoms with van der Waals surface area (Å²) in [4.78, 5) is 0.295.